The number of rotatable bonds is 10. The van der Waals surface area contributed by atoms with Gasteiger partial charge >= 0.3 is 0 Å². The summed E-state index contributed by atoms with van der Waals surface area (Å²) < 4.78 is 47.0. The zero-order valence-electron chi connectivity index (χ0n) is 37.0. The molecule has 10 aromatic carbocycles. The molecule has 0 aromatic heterocycles. The van der Waals surface area contributed by atoms with Crippen molar-refractivity contribution in [3.8, 4) is 11.1 Å². The van der Waals surface area contributed by atoms with E-state index in [9.17, 15) is 0 Å². The molecule has 0 aliphatic heterocycles. The molecule has 3 aliphatic rings. The summed E-state index contributed by atoms with van der Waals surface area (Å²) >= 11 is 0. The third-order valence-corrected chi connectivity index (χ3v) is 23.3. The molecule has 3 aliphatic carbocycles. The summed E-state index contributed by atoms with van der Waals surface area (Å²) in [4.78, 5) is 0. The lowest BCUT2D eigenvalue weighted by atomic mass is 9.61. The Morgan fingerprint density at radius 2 is 0.441 bits per heavy atom. The maximum atomic E-state index is 15.9. The molecule has 2 bridgehead atoms. The van der Waals surface area contributed by atoms with Crippen LogP contribution in [0.1, 0.15) is 45.2 Å². The van der Waals surface area contributed by atoms with Crippen molar-refractivity contribution in [2.75, 3.05) is 0 Å². The van der Waals surface area contributed by atoms with Crippen molar-refractivity contribution in [1.29, 1.82) is 0 Å². The van der Waals surface area contributed by atoms with E-state index in [0.29, 0.717) is 0 Å². The average Bonchev–Trinajstić information content (AvgIpc) is 3.43. The quantitative estimate of drug-likeness (QED) is 0.128. The second kappa shape index (κ2) is 16.9. The van der Waals surface area contributed by atoms with Crippen LogP contribution in [0.15, 0.2) is 261 Å². The Hall–Kier alpha value is -7.11. The highest BCUT2D eigenvalue weighted by atomic mass is 31.2. The lowest BCUT2D eigenvalue weighted by molar-refractivity contribution is 0.591. The van der Waals surface area contributed by atoms with Gasteiger partial charge in [-0.3, -0.25) is 0 Å². The Morgan fingerprint density at radius 3 is 0.779 bits per heavy atom. The molecule has 6 heteroatoms. The van der Waals surface area contributed by atoms with Gasteiger partial charge in [0.25, 0.3) is 0 Å². The second-order valence-electron chi connectivity index (χ2n) is 17.7. The molecule has 0 radical (unpaired) electrons. The zero-order chi connectivity index (χ0) is 45.9. The van der Waals surface area contributed by atoms with Gasteiger partial charge < -0.3 is 13.7 Å². The first-order valence-corrected chi connectivity index (χ1v) is 28.2. The molecule has 3 nitrogen and oxygen atoms in total. The monoisotopic (exact) mass is 930 g/mol. The molecule has 10 aromatic rings. The van der Waals surface area contributed by atoms with Crippen LogP contribution in [0.5, 0.6) is 0 Å². The minimum absolute atomic E-state index is 0.126. The summed E-state index contributed by atoms with van der Waals surface area (Å²) in [6, 6.07) is 87.2. The summed E-state index contributed by atoms with van der Waals surface area (Å²) in [5.74, 6) is -0.335. The Morgan fingerprint density at radius 1 is 0.206 bits per heavy atom. The number of benzene rings is 10. The SMILES string of the molecule is O=P(c1ccccc1)(c1ccccc1)c1ccc(-c2ccc3c(c2)C2c4ccc(P(=O)(c5ccccc5)c5ccccc5)cc4C3c3cc(P(=O)(c4ccccc4)c4ccccc4)ccc32)cc1. The summed E-state index contributed by atoms with van der Waals surface area (Å²) in [5.41, 5.74) is 9.14. The molecule has 0 amide bonds. The molecular formula is C62H45O3P3. The normalized spacial score (nSPS) is 14.9. The molecule has 0 saturated carbocycles. The van der Waals surface area contributed by atoms with Gasteiger partial charge in [0.15, 0.2) is 21.4 Å². The maximum absolute atomic E-state index is 15.9. The number of hydrogen-bond donors (Lipinski definition) is 0. The van der Waals surface area contributed by atoms with Crippen LogP contribution in [0.3, 0.4) is 0 Å². The van der Waals surface area contributed by atoms with Gasteiger partial charge in [-0.15, -0.1) is 0 Å². The first-order chi connectivity index (χ1) is 33.4. The van der Waals surface area contributed by atoms with E-state index < -0.39 is 21.4 Å². The van der Waals surface area contributed by atoms with Crippen molar-refractivity contribution in [1.82, 2.24) is 0 Å². The van der Waals surface area contributed by atoms with E-state index in [-0.39, 0.29) is 11.8 Å². The molecule has 326 valence electrons. The van der Waals surface area contributed by atoms with E-state index >= 15 is 13.7 Å². The first-order valence-electron chi connectivity index (χ1n) is 23.0. The van der Waals surface area contributed by atoms with Crippen molar-refractivity contribution in [3.63, 3.8) is 0 Å². The molecular weight excluding hydrogens is 886 g/mol. The van der Waals surface area contributed by atoms with Crippen LogP contribution in [0.4, 0.5) is 0 Å². The largest absolute Gasteiger partial charge is 0.309 e. The predicted molar refractivity (Wildman–Crippen MR) is 285 cm³/mol. The zero-order valence-corrected chi connectivity index (χ0v) is 39.7. The summed E-state index contributed by atoms with van der Waals surface area (Å²) in [7, 11) is -9.74. The molecule has 0 N–H and O–H groups in total. The Kier molecular flexibility index (Phi) is 10.5. The van der Waals surface area contributed by atoms with Gasteiger partial charge in [0.2, 0.25) is 0 Å². The van der Waals surface area contributed by atoms with Crippen LogP contribution in [0, 0.1) is 0 Å². The molecule has 0 spiro atoms. The fraction of sp³-hybridized carbons (Fsp3) is 0.0323. The predicted octanol–water partition coefficient (Wildman–Crippen LogP) is 11.3. The third-order valence-electron chi connectivity index (χ3n) is 14.1. The minimum Gasteiger partial charge on any atom is -0.309 e. The van der Waals surface area contributed by atoms with Crippen LogP contribution in [-0.2, 0) is 13.7 Å². The van der Waals surface area contributed by atoms with Crippen molar-refractivity contribution < 1.29 is 13.7 Å². The summed E-state index contributed by atoms with van der Waals surface area (Å²) in [6.07, 6.45) is 0. The van der Waals surface area contributed by atoms with Gasteiger partial charge in [-0.2, -0.15) is 0 Å². The van der Waals surface area contributed by atoms with Crippen LogP contribution in [0.25, 0.3) is 11.1 Å². The molecule has 0 saturated heterocycles. The highest BCUT2D eigenvalue weighted by molar-refractivity contribution is 7.86. The molecule has 0 fully saturated rings. The van der Waals surface area contributed by atoms with Gasteiger partial charge in [-0.05, 0) is 62.7 Å². The van der Waals surface area contributed by atoms with Gasteiger partial charge in [-0.1, -0.05) is 243 Å². The topological polar surface area (TPSA) is 51.2 Å². The van der Waals surface area contributed by atoms with E-state index in [1.165, 1.54) is 22.3 Å². The van der Waals surface area contributed by atoms with Gasteiger partial charge in [0.05, 0.1) is 0 Å². The van der Waals surface area contributed by atoms with E-state index in [0.717, 1.165) is 70.0 Å². The first kappa shape index (κ1) is 42.3. The van der Waals surface area contributed by atoms with E-state index in [4.69, 9.17) is 0 Å². The minimum atomic E-state index is -3.30. The van der Waals surface area contributed by atoms with Gasteiger partial charge in [-0.25, -0.2) is 0 Å². The average molecular weight is 931 g/mol. The highest BCUT2D eigenvalue weighted by Crippen LogP contribution is 2.58. The summed E-state index contributed by atoms with van der Waals surface area (Å²) in [6.45, 7) is 0. The maximum Gasteiger partial charge on any atom is 0.171 e. The fourth-order valence-corrected chi connectivity index (χ4v) is 18.9. The van der Waals surface area contributed by atoms with Gasteiger partial charge in [0.1, 0.15) is 0 Å². The lowest BCUT2D eigenvalue weighted by Gasteiger charge is -2.43. The van der Waals surface area contributed by atoms with Crippen LogP contribution in [-0.4, -0.2) is 0 Å². The molecule has 0 atom stereocenters. The van der Waals surface area contributed by atoms with E-state index in [1.807, 2.05) is 194 Å². The molecule has 0 unspecified atom stereocenters. The van der Waals surface area contributed by atoms with Crippen LogP contribution in [0.2, 0.25) is 0 Å². The van der Waals surface area contributed by atoms with Gasteiger partial charge in [0, 0.05) is 59.6 Å². The van der Waals surface area contributed by atoms with Crippen molar-refractivity contribution in [2.24, 2.45) is 0 Å². The highest BCUT2D eigenvalue weighted by Gasteiger charge is 2.44. The Labute approximate surface area is 398 Å². The van der Waals surface area contributed by atoms with Crippen molar-refractivity contribution in [2.45, 2.75) is 11.8 Å². The van der Waals surface area contributed by atoms with Crippen molar-refractivity contribution in [3.05, 3.63) is 294 Å². The van der Waals surface area contributed by atoms with Crippen molar-refractivity contribution >= 4 is 69.2 Å². The molecule has 13 rings (SSSR count). The smallest absolute Gasteiger partial charge is 0.171 e. The lowest BCUT2D eigenvalue weighted by Crippen LogP contribution is -2.32. The van der Waals surface area contributed by atoms with Crippen LogP contribution >= 0.6 is 21.4 Å². The fourth-order valence-electron chi connectivity index (χ4n) is 10.8. The Bertz CT molecular complexity index is 3360. The Balaban J connectivity index is 1.02. The van der Waals surface area contributed by atoms with Crippen LogP contribution < -0.4 is 47.7 Å². The van der Waals surface area contributed by atoms with E-state index in [2.05, 4.69) is 66.7 Å². The summed E-state index contributed by atoms with van der Waals surface area (Å²) in [5, 5.41) is 7.15. The number of hydrogen-bond acceptors (Lipinski definition) is 3. The third kappa shape index (κ3) is 6.68. The van der Waals surface area contributed by atoms with E-state index in [1.54, 1.807) is 0 Å². The molecule has 0 heterocycles. The molecule has 68 heavy (non-hydrogen) atoms. The standard InChI is InChI=1S/C62H45O3P3/c63-66(46-19-7-1-8-20-46,47-21-9-2-10-22-47)52-34-31-44(32-35-52)45-33-38-55-58(41-45)61-56-39-36-53(67(64,48-23-11-3-12-24-48)49-25-13-4-14-26-49)42-59(56)62(55)60-43-54(37-40-57(60)61)68(65,50-27-15-5-16-28-50)51-29-17-6-18-30-51/h1-43,61-62H. The second-order valence-corrected chi connectivity index (χ2v) is 26.0.